The lowest BCUT2D eigenvalue weighted by Gasteiger charge is -2.37. The molecule has 4 heteroatoms. The zero-order chi connectivity index (χ0) is 11.4. The second-order valence-corrected chi connectivity index (χ2v) is 5.14. The predicted octanol–water partition coefficient (Wildman–Crippen LogP) is 1.86. The Hall–Kier alpha value is -0.420. The molecule has 0 spiro atoms. The summed E-state index contributed by atoms with van der Waals surface area (Å²) in [4.78, 5) is 3.84. The fourth-order valence-electron chi connectivity index (χ4n) is 2.20. The summed E-state index contributed by atoms with van der Waals surface area (Å²) < 4.78 is 5.69. The van der Waals surface area contributed by atoms with E-state index in [0.717, 1.165) is 26.1 Å². The molecule has 0 aromatic carbocycles. The number of hydrogen-bond donors (Lipinski definition) is 1. The lowest BCUT2D eigenvalue weighted by Crippen LogP contribution is -2.45. The van der Waals surface area contributed by atoms with E-state index in [1.807, 2.05) is 0 Å². The van der Waals surface area contributed by atoms with Crippen molar-refractivity contribution in [3.8, 4) is 0 Å². The maximum atomic E-state index is 5.91. The fourth-order valence-corrected chi connectivity index (χ4v) is 3.07. The van der Waals surface area contributed by atoms with Gasteiger partial charge in [0.25, 0.3) is 0 Å². The molecule has 2 unspecified atom stereocenters. The summed E-state index contributed by atoms with van der Waals surface area (Å²) in [5, 5.41) is 2.12. The van der Waals surface area contributed by atoms with Crippen LogP contribution in [0, 0.1) is 0 Å². The van der Waals surface area contributed by atoms with E-state index in [9.17, 15) is 0 Å². The SMILES string of the molecule is CCC1CN(C(CN)c2cccs2)CCO1. The maximum absolute atomic E-state index is 5.91. The van der Waals surface area contributed by atoms with Gasteiger partial charge in [0.1, 0.15) is 0 Å². The second-order valence-electron chi connectivity index (χ2n) is 4.16. The lowest BCUT2D eigenvalue weighted by atomic mass is 10.1. The molecule has 0 aliphatic carbocycles. The van der Waals surface area contributed by atoms with Gasteiger partial charge in [-0.05, 0) is 17.9 Å². The molecule has 2 heterocycles. The van der Waals surface area contributed by atoms with E-state index in [4.69, 9.17) is 10.5 Å². The quantitative estimate of drug-likeness (QED) is 0.873. The molecule has 2 N–H and O–H groups in total. The van der Waals surface area contributed by atoms with E-state index in [-0.39, 0.29) is 0 Å². The van der Waals surface area contributed by atoms with Gasteiger partial charge in [-0.25, -0.2) is 0 Å². The predicted molar refractivity (Wildman–Crippen MR) is 67.7 cm³/mol. The highest BCUT2D eigenvalue weighted by atomic mass is 32.1. The molecule has 0 bridgehead atoms. The molecular formula is C12H20N2OS. The van der Waals surface area contributed by atoms with E-state index in [1.54, 1.807) is 11.3 Å². The van der Waals surface area contributed by atoms with Gasteiger partial charge in [0.05, 0.1) is 18.8 Å². The molecule has 16 heavy (non-hydrogen) atoms. The number of thiophene rings is 1. The molecule has 1 aromatic rings. The van der Waals surface area contributed by atoms with Crippen LogP contribution in [-0.2, 0) is 4.74 Å². The average molecular weight is 240 g/mol. The normalized spacial score (nSPS) is 24.5. The van der Waals surface area contributed by atoms with Gasteiger partial charge in [0.15, 0.2) is 0 Å². The number of morpholine rings is 1. The average Bonchev–Trinajstić information content (AvgIpc) is 2.84. The van der Waals surface area contributed by atoms with Crippen molar-refractivity contribution in [1.29, 1.82) is 0 Å². The Morgan fingerprint density at radius 1 is 1.69 bits per heavy atom. The van der Waals surface area contributed by atoms with Crippen LogP contribution >= 0.6 is 11.3 Å². The minimum Gasteiger partial charge on any atom is -0.376 e. The van der Waals surface area contributed by atoms with Crippen LogP contribution in [0.25, 0.3) is 0 Å². The molecule has 1 fully saturated rings. The smallest absolute Gasteiger partial charge is 0.0700 e. The highest BCUT2D eigenvalue weighted by Crippen LogP contribution is 2.26. The monoisotopic (exact) mass is 240 g/mol. The Bertz CT molecular complexity index is 302. The Labute approximate surface area is 101 Å². The first kappa shape index (κ1) is 12.0. The first-order valence-corrected chi connectivity index (χ1v) is 6.82. The summed E-state index contributed by atoms with van der Waals surface area (Å²) in [6.07, 6.45) is 1.46. The van der Waals surface area contributed by atoms with Gasteiger partial charge in [-0.2, -0.15) is 0 Å². The van der Waals surface area contributed by atoms with Crippen molar-refractivity contribution in [2.75, 3.05) is 26.2 Å². The molecule has 3 nitrogen and oxygen atoms in total. The highest BCUT2D eigenvalue weighted by Gasteiger charge is 2.26. The van der Waals surface area contributed by atoms with Gasteiger partial charge in [-0.3, -0.25) is 4.90 Å². The van der Waals surface area contributed by atoms with Crippen molar-refractivity contribution in [2.24, 2.45) is 5.73 Å². The van der Waals surface area contributed by atoms with Gasteiger partial charge in [-0.15, -0.1) is 11.3 Å². The van der Waals surface area contributed by atoms with Crippen LogP contribution < -0.4 is 5.73 Å². The third kappa shape index (κ3) is 2.63. The Kier molecular flexibility index (Phi) is 4.35. The Morgan fingerprint density at radius 3 is 3.19 bits per heavy atom. The van der Waals surface area contributed by atoms with Gasteiger partial charge >= 0.3 is 0 Å². The number of ether oxygens (including phenoxy) is 1. The van der Waals surface area contributed by atoms with Crippen LogP contribution in [0.4, 0.5) is 0 Å². The van der Waals surface area contributed by atoms with Crippen molar-refractivity contribution in [3.63, 3.8) is 0 Å². The summed E-state index contributed by atoms with van der Waals surface area (Å²) in [7, 11) is 0. The first-order valence-electron chi connectivity index (χ1n) is 5.94. The molecule has 2 rings (SSSR count). The summed E-state index contributed by atoms with van der Waals surface area (Å²) in [5.41, 5.74) is 5.91. The summed E-state index contributed by atoms with van der Waals surface area (Å²) in [6.45, 7) is 5.71. The second kappa shape index (κ2) is 5.77. The molecular weight excluding hydrogens is 220 g/mol. The lowest BCUT2D eigenvalue weighted by molar-refractivity contribution is -0.0432. The first-order chi connectivity index (χ1) is 7.85. The van der Waals surface area contributed by atoms with E-state index in [1.165, 1.54) is 4.88 Å². The summed E-state index contributed by atoms with van der Waals surface area (Å²) in [5.74, 6) is 0. The van der Waals surface area contributed by atoms with Crippen LogP contribution in [0.1, 0.15) is 24.3 Å². The molecule has 1 saturated heterocycles. The van der Waals surface area contributed by atoms with Gasteiger partial charge < -0.3 is 10.5 Å². The third-order valence-corrected chi connectivity index (χ3v) is 4.13. The van der Waals surface area contributed by atoms with Crippen LogP contribution in [0.5, 0.6) is 0 Å². The number of nitrogens with two attached hydrogens (primary N) is 1. The standard InChI is InChI=1S/C12H20N2OS/c1-2-10-9-14(5-6-15-10)11(8-13)12-4-3-7-16-12/h3-4,7,10-11H,2,5-6,8-9,13H2,1H3. The van der Waals surface area contributed by atoms with E-state index in [2.05, 4.69) is 29.3 Å². The summed E-state index contributed by atoms with van der Waals surface area (Å²) >= 11 is 1.80. The van der Waals surface area contributed by atoms with Gasteiger partial charge in [0.2, 0.25) is 0 Å². The minimum atomic E-state index is 0.373. The number of hydrogen-bond acceptors (Lipinski definition) is 4. The van der Waals surface area contributed by atoms with Crippen LogP contribution in [0.2, 0.25) is 0 Å². The maximum Gasteiger partial charge on any atom is 0.0700 e. The molecule has 0 saturated carbocycles. The topological polar surface area (TPSA) is 38.5 Å². The largest absolute Gasteiger partial charge is 0.376 e. The van der Waals surface area contributed by atoms with Crippen molar-refractivity contribution in [2.45, 2.75) is 25.5 Å². The van der Waals surface area contributed by atoms with Gasteiger partial charge in [-0.1, -0.05) is 13.0 Å². The van der Waals surface area contributed by atoms with Crippen molar-refractivity contribution < 1.29 is 4.74 Å². The Balaban J connectivity index is 2.03. The molecule has 1 aliphatic heterocycles. The summed E-state index contributed by atoms with van der Waals surface area (Å²) in [6, 6.07) is 4.65. The molecule has 0 radical (unpaired) electrons. The molecule has 1 aromatic heterocycles. The number of nitrogens with zero attached hydrogens (tertiary/aromatic N) is 1. The zero-order valence-electron chi connectivity index (χ0n) is 9.76. The van der Waals surface area contributed by atoms with E-state index in [0.29, 0.717) is 18.7 Å². The highest BCUT2D eigenvalue weighted by molar-refractivity contribution is 7.10. The Morgan fingerprint density at radius 2 is 2.56 bits per heavy atom. The number of rotatable bonds is 4. The molecule has 2 atom stereocenters. The zero-order valence-corrected chi connectivity index (χ0v) is 10.6. The van der Waals surface area contributed by atoms with Gasteiger partial charge in [0, 0.05) is 24.5 Å². The molecule has 1 aliphatic rings. The molecule has 0 amide bonds. The van der Waals surface area contributed by atoms with Crippen LogP contribution in [-0.4, -0.2) is 37.2 Å². The van der Waals surface area contributed by atoms with Crippen molar-refractivity contribution in [3.05, 3.63) is 22.4 Å². The van der Waals surface area contributed by atoms with Crippen molar-refractivity contribution >= 4 is 11.3 Å². The minimum absolute atomic E-state index is 0.373. The van der Waals surface area contributed by atoms with E-state index < -0.39 is 0 Å². The van der Waals surface area contributed by atoms with Crippen LogP contribution in [0.3, 0.4) is 0 Å². The van der Waals surface area contributed by atoms with E-state index >= 15 is 0 Å². The third-order valence-electron chi connectivity index (χ3n) is 3.16. The molecule has 90 valence electrons. The van der Waals surface area contributed by atoms with Crippen molar-refractivity contribution in [1.82, 2.24) is 4.90 Å². The van der Waals surface area contributed by atoms with Crippen LogP contribution in [0.15, 0.2) is 17.5 Å². The fraction of sp³-hybridized carbons (Fsp3) is 0.667.